The number of halogens is 1. The summed E-state index contributed by atoms with van der Waals surface area (Å²) in [6, 6.07) is 5.84. The number of rotatable bonds is 5. The van der Waals surface area contributed by atoms with Crippen LogP contribution in [0.3, 0.4) is 0 Å². The van der Waals surface area contributed by atoms with Crippen molar-refractivity contribution in [3.8, 4) is 5.75 Å². The molecule has 0 bridgehead atoms. The zero-order chi connectivity index (χ0) is 14.5. The van der Waals surface area contributed by atoms with Crippen molar-refractivity contribution in [1.29, 1.82) is 0 Å². The molecule has 0 fully saturated rings. The molecule has 1 N–H and O–H groups in total. The van der Waals surface area contributed by atoms with Gasteiger partial charge in [-0.05, 0) is 60.6 Å². The molecule has 0 radical (unpaired) electrons. The molecule has 2 aromatic heterocycles. The summed E-state index contributed by atoms with van der Waals surface area (Å²) in [5.41, 5.74) is 1.95. The van der Waals surface area contributed by atoms with E-state index in [4.69, 9.17) is 4.74 Å². The predicted molar refractivity (Wildman–Crippen MR) is 82.8 cm³/mol. The first-order valence-corrected chi connectivity index (χ1v) is 7.30. The van der Waals surface area contributed by atoms with E-state index in [-0.39, 0.29) is 12.1 Å². The van der Waals surface area contributed by atoms with Crippen LogP contribution in [0.2, 0.25) is 0 Å². The van der Waals surface area contributed by atoms with E-state index in [1.807, 2.05) is 45.3 Å². The van der Waals surface area contributed by atoms with Crippen LogP contribution in [0.5, 0.6) is 5.75 Å². The monoisotopic (exact) mass is 335 g/mol. The standard InChI is InChI=1S/C15H18BrN3O/c1-10(2)20-12-7-11(8-18-9-12)14(17-3)15-13(16)5-4-6-19-15/h4-10,14,17H,1-3H3. The van der Waals surface area contributed by atoms with E-state index >= 15 is 0 Å². The highest BCUT2D eigenvalue weighted by Crippen LogP contribution is 2.27. The van der Waals surface area contributed by atoms with Gasteiger partial charge >= 0.3 is 0 Å². The Morgan fingerprint density at radius 1 is 1.30 bits per heavy atom. The molecule has 20 heavy (non-hydrogen) atoms. The molecule has 2 aromatic rings. The van der Waals surface area contributed by atoms with Crippen LogP contribution in [0.4, 0.5) is 0 Å². The number of aromatic nitrogens is 2. The molecule has 4 nitrogen and oxygen atoms in total. The van der Waals surface area contributed by atoms with Crippen molar-refractivity contribution in [2.75, 3.05) is 7.05 Å². The van der Waals surface area contributed by atoms with Crippen molar-refractivity contribution in [3.05, 3.63) is 52.5 Å². The second-order valence-electron chi connectivity index (χ2n) is 4.71. The van der Waals surface area contributed by atoms with E-state index in [1.54, 1.807) is 12.4 Å². The molecule has 0 saturated carbocycles. The highest BCUT2D eigenvalue weighted by molar-refractivity contribution is 9.10. The maximum Gasteiger partial charge on any atom is 0.138 e. The summed E-state index contributed by atoms with van der Waals surface area (Å²) in [5.74, 6) is 0.768. The maximum absolute atomic E-state index is 5.69. The van der Waals surface area contributed by atoms with Crippen LogP contribution in [-0.4, -0.2) is 23.1 Å². The minimum atomic E-state index is -0.0335. The van der Waals surface area contributed by atoms with Crippen LogP contribution in [0.15, 0.2) is 41.3 Å². The smallest absolute Gasteiger partial charge is 0.138 e. The zero-order valence-corrected chi connectivity index (χ0v) is 13.4. The van der Waals surface area contributed by atoms with Gasteiger partial charge in [-0.25, -0.2) is 0 Å². The number of hydrogen-bond acceptors (Lipinski definition) is 4. The van der Waals surface area contributed by atoms with Gasteiger partial charge in [-0.1, -0.05) is 0 Å². The van der Waals surface area contributed by atoms with Gasteiger partial charge < -0.3 is 10.1 Å². The van der Waals surface area contributed by atoms with E-state index in [1.165, 1.54) is 0 Å². The summed E-state index contributed by atoms with van der Waals surface area (Å²) < 4.78 is 6.66. The van der Waals surface area contributed by atoms with Crippen LogP contribution in [0.1, 0.15) is 31.1 Å². The normalized spacial score (nSPS) is 12.4. The molecule has 106 valence electrons. The van der Waals surface area contributed by atoms with E-state index in [2.05, 4.69) is 31.2 Å². The predicted octanol–water partition coefficient (Wildman–Crippen LogP) is 3.34. The van der Waals surface area contributed by atoms with E-state index in [9.17, 15) is 0 Å². The number of hydrogen-bond donors (Lipinski definition) is 1. The molecular weight excluding hydrogens is 318 g/mol. The lowest BCUT2D eigenvalue weighted by molar-refractivity contribution is 0.241. The molecule has 0 saturated heterocycles. The molecule has 0 aliphatic heterocycles. The number of nitrogens with one attached hydrogen (secondary N) is 1. The van der Waals surface area contributed by atoms with Gasteiger partial charge in [0.05, 0.1) is 24.0 Å². The van der Waals surface area contributed by atoms with Crippen molar-refractivity contribution < 1.29 is 4.74 Å². The van der Waals surface area contributed by atoms with E-state index in [0.717, 1.165) is 21.5 Å². The topological polar surface area (TPSA) is 47.0 Å². The van der Waals surface area contributed by atoms with Gasteiger partial charge in [-0.3, -0.25) is 9.97 Å². The number of nitrogens with zero attached hydrogens (tertiary/aromatic N) is 2. The maximum atomic E-state index is 5.69. The van der Waals surface area contributed by atoms with Crippen LogP contribution in [-0.2, 0) is 0 Å². The zero-order valence-electron chi connectivity index (χ0n) is 11.8. The van der Waals surface area contributed by atoms with Gasteiger partial charge in [0.2, 0.25) is 0 Å². The first-order chi connectivity index (χ1) is 9.61. The Morgan fingerprint density at radius 3 is 2.75 bits per heavy atom. The van der Waals surface area contributed by atoms with Gasteiger partial charge in [0, 0.05) is 16.9 Å². The van der Waals surface area contributed by atoms with Crippen LogP contribution in [0.25, 0.3) is 0 Å². The number of pyridine rings is 2. The van der Waals surface area contributed by atoms with Gasteiger partial charge in [-0.15, -0.1) is 0 Å². The third-order valence-electron chi connectivity index (χ3n) is 2.79. The largest absolute Gasteiger partial charge is 0.489 e. The van der Waals surface area contributed by atoms with Crippen molar-refractivity contribution in [3.63, 3.8) is 0 Å². The van der Waals surface area contributed by atoms with Crippen molar-refractivity contribution >= 4 is 15.9 Å². The average molecular weight is 336 g/mol. The lowest BCUT2D eigenvalue weighted by Gasteiger charge is -2.18. The highest BCUT2D eigenvalue weighted by Gasteiger charge is 2.17. The minimum Gasteiger partial charge on any atom is -0.489 e. The first-order valence-electron chi connectivity index (χ1n) is 6.51. The highest BCUT2D eigenvalue weighted by atomic mass is 79.9. The molecule has 2 rings (SSSR count). The van der Waals surface area contributed by atoms with Crippen LogP contribution in [0, 0.1) is 0 Å². The fraction of sp³-hybridized carbons (Fsp3) is 0.333. The minimum absolute atomic E-state index is 0.0335. The van der Waals surface area contributed by atoms with E-state index < -0.39 is 0 Å². The van der Waals surface area contributed by atoms with Crippen molar-refractivity contribution in [2.45, 2.75) is 26.0 Å². The summed E-state index contributed by atoms with van der Waals surface area (Å²) in [5, 5.41) is 3.27. The van der Waals surface area contributed by atoms with Crippen molar-refractivity contribution in [1.82, 2.24) is 15.3 Å². The summed E-state index contributed by atoms with van der Waals surface area (Å²) in [4.78, 5) is 8.69. The van der Waals surface area contributed by atoms with Crippen molar-refractivity contribution in [2.24, 2.45) is 0 Å². The Kier molecular flexibility index (Phi) is 5.09. The Bertz CT molecular complexity index is 575. The molecule has 1 unspecified atom stereocenters. The quantitative estimate of drug-likeness (QED) is 0.910. The second-order valence-corrected chi connectivity index (χ2v) is 5.57. The molecule has 1 atom stereocenters. The van der Waals surface area contributed by atoms with Gasteiger partial charge in [0.1, 0.15) is 5.75 Å². The molecule has 0 amide bonds. The Balaban J connectivity index is 2.35. The molecule has 0 spiro atoms. The summed E-state index contributed by atoms with van der Waals surface area (Å²) in [6.45, 7) is 4.00. The van der Waals surface area contributed by atoms with Crippen LogP contribution < -0.4 is 10.1 Å². The lowest BCUT2D eigenvalue weighted by atomic mass is 10.1. The molecule has 0 aliphatic rings. The van der Waals surface area contributed by atoms with Gasteiger partial charge in [0.15, 0.2) is 0 Å². The fourth-order valence-electron chi connectivity index (χ4n) is 2.00. The average Bonchev–Trinajstić information content (AvgIpc) is 2.41. The summed E-state index contributed by atoms with van der Waals surface area (Å²) >= 11 is 3.54. The SMILES string of the molecule is CNC(c1cncc(OC(C)C)c1)c1ncccc1Br. The molecule has 2 heterocycles. The molecule has 0 aromatic carbocycles. The fourth-order valence-corrected chi connectivity index (χ4v) is 2.49. The second kappa shape index (κ2) is 6.81. The molecule has 5 heteroatoms. The number of ether oxygens (including phenoxy) is 1. The third kappa shape index (κ3) is 3.55. The Labute approximate surface area is 127 Å². The third-order valence-corrected chi connectivity index (χ3v) is 3.46. The Hall–Kier alpha value is -1.46. The van der Waals surface area contributed by atoms with Gasteiger partial charge in [0.25, 0.3) is 0 Å². The first kappa shape index (κ1) is 14.9. The lowest BCUT2D eigenvalue weighted by Crippen LogP contribution is -2.20. The molecular formula is C15H18BrN3O. The Morgan fingerprint density at radius 2 is 2.10 bits per heavy atom. The van der Waals surface area contributed by atoms with E-state index in [0.29, 0.717) is 0 Å². The van der Waals surface area contributed by atoms with Crippen LogP contribution >= 0.6 is 15.9 Å². The summed E-state index contributed by atoms with van der Waals surface area (Å²) in [7, 11) is 1.90. The van der Waals surface area contributed by atoms with Gasteiger partial charge in [-0.2, -0.15) is 0 Å². The summed E-state index contributed by atoms with van der Waals surface area (Å²) in [6.07, 6.45) is 5.47. The molecule has 0 aliphatic carbocycles.